The Morgan fingerprint density at radius 3 is 2.65 bits per heavy atom. The van der Waals surface area contributed by atoms with E-state index in [1.165, 1.54) is 0 Å². The number of hydrogen-bond donors (Lipinski definition) is 2. The van der Waals surface area contributed by atoms with E-state index in [1.807, 2.05) is 44.2 Å². The third-order valence-corrected chi connectivity index (χ3v) is 3.02. The number of oxazole rings is 1. The van der Waals surface area contributed by atoms with Crippen LogP contribution < -0.4 is 5.32 Å². The number of aliphatic carboxylic acids is 1. The molecule has 0 amide bonds. The lowest BCUT2D eigenvalue weighted by Crippen LogP contribution is -2.40. The molecule has 2 N–H and O–H groups in total. The third-order valence-electron chi connectivity index (χ3n) is 3.02. The molecule has 1 aromatic carbocycles. The maximum absolute atomic E-state index is 11.1. The van der Waals surface area contributed by atoms with Gasteiger partial charge in [0.15, 0.2) is 5.76 Å². The Balaban J connectivity index is 2.02. The van der Waals surface area contributed by atoms with Crippen LogP contribution >= 0.6 is 0 Å². The molecule has 0 aliphatic carbocycles. The Morgan fingerprint density at radius 1 is 1.35 bits per heavy atom. The normalized spacial score (nSPS) is 12.6. The second-order valence-electron chi connectivity index (χ2n) is 4.93. The third kappa shape index (κ3) is 3.45. The molecule has 0 aliphatic rings. The fourth-order valence-electron chi connectivity index (χ4n) is 1.93. The first-order valence-corrected chi connectivity index (χ1v) is 6.54. The summed E-state index contributed by atoms with van der Waals surface area (Å²) >= 11 is 0. The summed E-state index contributed by atoms with van der Waals surface area (Å²) in [5.41, 5.74) is 0.949. The zero-order chi connectivity index (χ0) is 14.5. The summed E-state index contributed by atoms with van der Waals surface area (Å²) in [5, 5.41) is 12.0. The van der Waals surface area contributed by atoms with Crippen molar-refractivity contribution in [3.63, 3.8) is 0 Å². The van der Waals surface area contributed by atoms with Crippen LogP contribution in [0.5, 0.6) is 0 Å². The molecule has 5 heteroatoms. The topological polar surface area (TPSA) is 75.4 Å². The molecule has 2 rings (SSSR count). The summed E-state index contributed by atoms with van der Waals surface area (Å²) in [6.45, 7) is 4.01. The van der Waals surface area contributed by atoms with Crippen molar-refractivity contribution in [2.75, 3.05) is 0 Å². The van der Waals surface area contributed by atoms with Crippen LogP contribution in [0.3, 0.4) is 0 Å². The van der Waals surface area contributed by atoms with Gasteiger partial charge in [0.1, 0.15) is 6.04 Å². The largest absolute Gasteiger partial charge is 0.480 e. The van der Waals surface area contributed by atoms with Crippen molar-refractivity contribution >= 4 is 5.97 Å². The summed E-state index contributed by atoms with van der Waals surface area (Å²) in [6, 6.07) is 9.05. The molecule has 1 unspecified atom stereocenters. The molecule has 0 aliphatic heterocycles. The lowest BCUT2D eigenvalue weighted by Gasteiger charge is -2.16. The van der Waals surface area contributed by atoms with Crippen molar-refractivity contribution in [3.8, 4) is 11.3 Å². The number of aromatic nitrogens is 1. The molecule has 0 spiro atoms. The van der Waals surface area contributed by atoms with Crippen LogP contribution in [0.15, 0.2) is 40.9 Å². The van der Waals surface area contributed by atoms with Crippen LogP contribution in [0.4, 0.5) is 0 Å². The van der Waals surface area contributed by atoms with E-state index in [1.54, 1.807) is 6.20 Å². The highest BCUT2D eigenvalue weighted by Crippen LogP contribution is 2.19. The molecular formula is C15H18N2O3. The lowest BCUT2D eigenvalue weighted by molar-refractivity contribution is -0.140. The van der Waals surface area contributed by atoms with Crippen molar-refractivity contribution in [1.82, 2.24) is 10.3 Å². The van der Waals surface area contributed by atoms with Gasteiger partial charge < -0.3 is 9.52 Å². The monoisotopic (exact) mass is 274 g/mol. The summed E-state index contributed by atoms with van der Waals surface area (Å²) in [7, 11) is 0. The Bertz CT molecular complexity index is 564. The average molecular weight is 274 g/mol. The summed E-state index contributed by atoms with van der Waals surface area (Å²) < 4.78 is 5.61. The van der Waals surface area contributed by atoms with Gasteiger partial charge in [-0.2, -0.15) is 0 Å². The number of hydrogen-bond acceptors (Lipinski definition) is 4. The molecule has 2 aromatic rings. The molecule has 0 fully saturated rings. The predicted octanol–water partition coefficient (Wildman–Crippen LogP) is 2.54. The first-order chi connectivity index (χ1) is 9.58. The molecule has 0 saturated heterocycles. The van der Waals surface area contributed by atoms with E-state index in [0.29, 0.717) is 18.2 Å². The van der Waals surface area contributed by atoms with Gasteiger partial charge in [0.2, 0.25) is 5.89 Å². The number of carboxylic acids is 1. The highest BCUT2D eigenvalue weighted by molar-refractivity contribution is 5.73. The van der Waals surface area contributed by atoms with Crippen LogP contribution in [-0.2, 0) is 11.3 Å². The quantitative estimate of drug-likeness (QED) is 0.846. The van der Waals surface area contributed by atoms with Crippen LogP contribution in [0.25, 0.3) is 11.3 Å². The standard InChI is InChI=1S/C15H18N2O3/c1-10(2)14(15(18)19)17-9-13-16-8-12(20-13)11-6-4-3-5-7-11/h3-8,10,14,17H,9H2,1-2H3,(H,18,19). The number of rotatable bonds is 6. The van der Waals surface area contributed by atoms with Crippen molar-refractivity contribution in [2.45, 2.75) is 26.4 Å². The van der Waals surface area contributed by atoms with Gasteiger partial charge in [-0.15, -0.1) is 0 Å². The van der Waals surface area contributed by atoms with Crippen LogP contribution in [0, 0.1) is 5.92 Å². The summed E-state index contributed by atoms with van der Waals surface area (Å²) in [5.74, 6) is 0.292. The van der Waals surface area contributed by atoms with Crippen molar-refractivity contribution in [3.05, 3.63) is 42.4 Å². The summed E-state index contributed by atoms with van der Waals surface area (Å²) in [6.07, 6.45) is 1.65. The number of nitrogens with one attached hydrogen (secondary N) is 1. The zero-order valence-corrected chi connectivity index (χ0v) is 11.5. The first-order valence-electron chi connectivity index (χ1n) is 6.54. The minimum Gasteiger partial charge on any atom is -0.480 e. The van der Waals surface area contributed by atoms with Gasteiger partial charge >= 0.3 is 5.97 Å². The van der Waals surface area contributed by atoms with Gasteiger partial charge in [0.05, 0.1) is 12.7 Å². The van der Waals surface area contributed by atoms with E-state index in [2.05, 4.69) is 10.3 Å². The molecule has 0 bridgehead atoms. The average Bonchev–Trinajstić information content (AvgIpc) is 2.88. The minimum absolute atomic E-state index is 0.00365. The smallest absolute Gasteiger partial charge is 0.320 e. The molecule has 20 heavy (non-hydrogen) atoms. The molecule has 1 aromatic heterocycles. The number of nitrogens with zero attached hydrogens (tertiary/aromatic N) is 1. The van der Waals surface area contributed by atoms with E-state index in [-0.39, 0.29) is 5.92 Å². The second kappa shape index (κ2) is 6.34. The molecule has 1 heterocycles. The van der Waals surface area contributed by atoms with Crippen molar-refractivity contribution in [1.29, 1.82) is 0 Å². The molecule has 0 saturated carbocycles. The maximum atomic E-state index is 11.1. The maximum Gasteiger partial charge on any atom is 0.320 e. The van der Waals surface area contributed by atoms with Gasteiger partial charge in [0, 0.05) is 5.56 Å². The van der Waals surface area contributed by atoms with Crippen LogP contribution in [0.1, 0.15) is 19.7 Å². The van der Waals surface area contributed by atoms with Crippen LogP contribution in [-0.4, -0.2) is 22.1 Å². The number of carboxylic acid groups (broad SMARTS) is 1. The van der Waals surface area contributed by atoms with Gasteiger partial charge in [-0.25, -0.2) is 4.98 Å². The second-order valence-corrected chi connectivity index (χ2v) is 4.93. The van der Waals surface area contributed by atoms with Gasteiger partial charge in [-0.05, 0) is 5.92 Å². The number of carbonyl (C=O) groups is 1. The van der Waals surface area contributed by atoms with E-state index >= 15 is 0 Å². The molecule has 5 nitrogen and oxygen atoms in total. The Labute approximate surface area is 117 Å². The van der Waals surface area contributed by atoms with Crippen molar-refractivity contribution in [2.24, 2.45) is 5.92 Å². The highest BCUT2D eigenvalue weighted by Gasteiger charge is 2.21. The fraction of sp³-hybridized carbons (Fsp3) is 0.333. The van der Waals surface area contributed by atoms with Gasteiger partial charge in [-0.3, -0.25) is 10.1 Å². The summed E-state index contributed by atoms with van der Waals surface area (Å²) in [4.78, 5) is 15.2. The fourth-order valence-corrected chi connectivity index (χ4v) is 1.93. The Kier molecular flexibility index (Phi) is 4.53. The number of benzene rings is 1. The van der Waals surface area contributed by atoms with Crippen molar-refractivity contribution < 1.29 is 14.3 Å². The minimum atomic E-state index is -0.866. The van der Waals surface area contributed by atoms with E-state index in [4.69, 9.17) is 9.52 Å². The van der Waals surface area contributed by atoms with E-state index in [9.17, 15) is 4.79 Å². The molecule has 1 atom stereocenters. The highest BCUT2D eigenvalue weighted by atomic mass is 16.4. The molecule has 0 radical (unpaired) electrons. The predicted molar refractivity (Wildman–Crippen MR) is 75.0 cm³/mol. The van der Waals surface area contributed by atoms with Gasteiger partial charge in [0.25, 0.3) is 0 Å². The first kappa shape index (κ1) is 14.3. The van der Waals surface area contributed by atoms with E-state index in [0.717, 1.165) is 5.56 Å². The SMILES string of the molecule is CC(C)C(NCc1ncc(-c2ccccc2)o1)C(=O)O. The zero-order valence-electron chi connectivity index (χ0n) is 11.5. The van der Waals surface area contributed by atoms with E-state index < -0.39 is 12.0 Å². The van der Waals surface area contributed by atoms with Crippen LogP contribution in [0.2, 0.25) is 0 Å². The molecular weight excluding hydrogens is 256 g/mol. The lowest BCUT2D eigenvalue weighted by atomic mass is 10.1. The Morgan fingerprint density at radius 2 is 2.05 bits per heavy atom. The van der Waals surface area contributed by atoms with Gasteiger partial charge in [-0.1, -0.05) is 44.2 Å². The Hall–Kier alpha value is -2.14. The molecule has 106 valence electrons.